The lowest BCUT2D eigenvalue weighted by molar-refractivity contribution is 0.141. The minimum absolute atomic E-state index is 0.133. The first-order valence-corrected chi connectivity index (χ1v) is 8.01. The lowest BCUT2D eigenvalue weighted by atomic mass is 10.3. The van der Waals surface area contributed by atoms with Crippen molar-refractivity contribution in [2.45, 2.75) is 4.90 Å². The van der Waals surface area contributed by atoms with Crippen LogP contribution in [0.4, 0.5) is 8.78 Å². The highest BCUT2D eigenvalue weighted by Gasteiger charge is 2.21. The van der Waals surface area contributed by atoms with Gasteiger partial charge >= 0.3 is 0 Å². The first-order valence-electron chi connectivity index (χ1n) is 5.44. The van der Waals surface area contributed by atoms with E-state index in [4.69, 9.17) is 4.74 Å². The van der Waals surface area contributed by atoms with Crippen LogP contribution in [0.3, 0.4) is 0 Å². The van der Waals surface area contributed by atoms with Gasteiger partial charge in [0.1, 0.15) is 0 Å². The lowest BCUT2D eigenvalue weighted by Gasteiger charge is -2.17. The Morgan fingerprint density at radius 2 is 1.95 bits per heavy atom. The van der Waals surface area contributed by atoms with E-state index < -0.39 is 21.7 Å². The fourth-order valence-corrected chi connectivity index (χ4v) is 2.68. The summed E-state index contributed by atoms with van der Waals surface area (Å²) in [7, 11) is -2.48. The van der Waals surface area contributed by atoms with Crippen molar-refractivity contribution in [2.75, 3.05) is 32.1 Å². The van der Waals surface area contributed by atoms with Crippen LogP contribution < -0.4 is 0 Å². The number of alkyl halides is 1. The van der Waals surface area contributed by atoms with Gasteiger partial charge in [0.15, 0.2) is 11.6 Å². The second-order valence-electron chi connectivity index (χ2n) is 3.70. The minimum atomic E-state index is -3.83. The second kappa shape index (κ2) is 7.28. The third-order valence-electron chi connectivity index (χ3n) is 2.37. The Kier molecular flexibility index (Phi) is 6.31. The van der Waals surface area contributed by atoms with Gasteiger partial charge in [0.25, 0.3) is 0 Å². The van der Waals surface area contributed by atoms with Crippen LogP contribution in [0.2, 0.25) is 0 Å². The van der Waals surface area contributed by atoms with Crippen LogP contribution in [0, 0.1) is 11.6 Å². The summed E-state index contributed by atoms with van der Waals surface area (Å²) in [5, 5.41) is 0.659. The Morgan fingerprint density at radius 3 is 2.53 bits per heavy atom. The van der Waals surface area contributed by atoms with Crippen LogP contribution in [0.1, 0.15) is 0 Å². The van der Waals surface area contributed by atoms with Gasteiger partial charge in [0.05, 0.1) is 18.1 Å². The van der Waals surface area contributed by atoms with E-state index in [-0.39, 0.29) is 18.0 Å². The smallest absolute Gasteiger partial charge is 0.243 e. The van der Waals surface area contributed by atoms with E-state index in [9.17, 15) is 17.2 Å². The van der Waals surface area contributed by atoms with Crippen molar-refractivity contribution in [3.63, 3.8) is 0 Å². The molecule has 0 saturated carbocycles. The van der Waals surface area contributed by atoms with Gasteiger partial charge < -0.3 is 4.74 Å². The highest BCUT2D eigenvalue weighted by atomic mass is 79.9. The van der Waals surface area contributed by atoms with Crippen LogP contribution in [0.15, 0.2) is 23.1 Å². The Hall–Kier alpha value is -0.570. The van der Waals surface area contributed by atoms with Gasteiger partial charge in [0, 0.05) is 18.9 Å². The van der Waals surface area contributed by atoms with E-state index in [0.29, 0.717) is 18.0 Å². The molecule has 8 heteroatoms. The molecule has 0 unspecified atom stereocenters. The monoisotopic (exact) mass is 357 g/mol. The normalized spacial score (nSPS) is 12.1. The number of ether oxygens (including phenoxy) is 1. The van der Waals surface area contributed by atoms with E-state index in [1.54, 1.807) is 0 Å². The first-order chi connectivity index (χ1) is 8.89. The van der Waals surface area contributed by atoms with E-state index in [1.807, 2.05) is 0 Å². The Labute approximate surface area is 119 Å². The molecule has 0 atom stereocenters. The largest absolute Gasteiger partial charge is 0.379 e. The molecule has 1 aromatic rings. The van der Waals surface area contributed by atoms with E-state index in [1.165, 1.54) is 7.05 Å². The number of hydrogen-bond acceptors (Lipinski definition) is 3. The van der Waals surface area contributed by atoms with Gasteiger partial charge in [-0.15, -0.1) is 0 Å². The molecule has 0 aliphatic rings. The molecule has 0 saturated heterocycles. The van der Waals surface area contributed by atoms with Crippen molar-refractivity contribution in [2.24, 2.45) is 0 Å². The standard InChI is InChI=1S/C11H14BrF2NO3S/c1-15(5-7-18-6-4-12)19(16,17)9-2-3-10(13)11(14)8-9/h2-3,8H,4-7H2,1H3. The zero-order chi connectivity index (χ0) is 14.5. The summed E-state index contributed by atoms with van der Waals surface area (Å²) in [6.45, 7) is 0.832. The summed E-state index contributed by atoms with van der Waals surface area (Å²) in [6.07, 6.45) is 0. The quantitative estimate of drug-likeness (QED) is 0.553. The van der Waals surface area contributed by atoms with Gasteiger partial charge in [-0.05, 0) is 18.2 Å². The molecule has 0 aliphatic heterocycles. The maximum Gasteiger partial charge on any atom is 0.243 e. The molecule has 0 aliphatic carbocycles. The molecule has 0 aromatic heterocycles. The van der Waals surface area contributed by atoms with Crippen molar-refractivity contribution in [3.05, 3.63) is 29.8 Å². The van der Waals surface area contributed by atoms with Crippen molar-refractivity contribution in [3.8, 4) is 0 Å². The van der Waals surface area contributed by atoms with Gasteiger partial charge in [-0.1, -0.05) is 15.9 Å². The van der Waals surface area contributed by atoms with Gasteiger partial charge in [-0.25, -0.2) is 17.2 Å². The molecular formula is C11H14BrF2NO3S. The summed E-state index contributed by atoms with van der Waals surface area (Å²) >= 11 is 3.17. The fraction of sp³-hybridized carbons (Fsp3) is 0.455. The number of rotatable bonds is 7. The molecule has 4 nitrogen and oxygen atoms in total. The molecule has 0 fully saturated rings. The van der Waals surface area contributed by atoms with Crippen LogP contribution in [0.5, 0.6) is 0 Å². The number of likely N-dealkylation sites (N-methyl/N-ethyl adjacent to an activating group) is 1. The molecule has 19 heavy (non-hydrogen) atoms. The molecule has 0 spiro atoms. The topological polar surface area (TPSA) is 46.6 Å². The molecule has 0 N–H and O–H groups in total. The summed E-state index contributed by atoms with van der Waals surface area (Å²) in [4.78, 5) is -0.283. The van der Waals surface area contributed by atoms with Crippen molar-refractivity contribution < 1.29 is 21.9 Å². The minimum Gasteiger partial charge on any atom is -0.379 e. The maximum atomic E-state index is 13.0. The van der Waals surface area contributed by atoms with Crippen LogP contribution >= 0.6 is 15.9 Å². The van der Waals surface area contributed by atoms with Crippen LogP contribution in [-0.2, 0) is 14.8 Å². The number of hydrogen-bond donors (Lipinski definition) is 0. The van der Waals surface area contributed by atoms with Crippen LogP contribution in [-0.4, -0.2) is 44.9 Å². The molecule has 0 heterocycles. The predicted molar refractivity (Wildman–Crippen MR) is 70.8 cm³/mol. The summed E-state index contributed by atoms with van der Waals surface area (Å²) in [5.41, 5.74) is 0. The summed E-state index contributed by atoms with van der Waals surface area (Å²) < 4.78 is 56.0. The molecule has 0 radical (unpaired) electrons. The van der Waals surface area contributed by atoms with Gasteiger partial charge in [-0.2, -0.15) is 4.31 Å². The second-order valence-corrected chi connectivity index (χ2v) is 6.54. The number of halogens is 3. The highest BCUT2D eigenvalue weighted by Crippen LogP contribution is 2.17. The molecule has 0 bridgehead atoms. The lowest BCUT2D eigenvalue weighted by Crippen LogP contribution is -2.30. The first kappa shape index (κ1) is 16.5. The zero-order valence-electron chi connectivity index (χ0n) is 10.3. The van der Waals surface area contributed by atoms with E-state index in [2.05, 4.69) is 15.9 Å². The molecular weight excluding hydrogens is 344 g/mol. The molecule has 1 rings (SSSR count). The van der Waals surface area contributed by atoms with Crippen molar-refractivity contribution >= 4 is 26.0 Å². The third-order valence-corrected chi connectivity index (χ3v) is 4.55. The van der Waals surface area contributed by atoms with E-state index in [0.717, 1.165) is 16.4 Å². The Morgan fingerprint density at radius 1 is 1.26 bits per heavy atom. The zero-order valence-corrected chi connectivity index (χ0v) is 12.7. The molecule has 1 aromatic carbocycles. The van der Waals surface area contributed by atoms with Crippen molar-refractivity contribution in [1.29, 1.82) is 0 Å². The predicted octanol–water partition coefficient (Wildman–Crippen LogP) is 2.00. The average molecular weight is 358 g/mol. The molecule has 0 amide bonds. The number of nitrogens with zero attached hydrogens (tertiary/aromatic N) is 1. The van der Waals surface area contributed by atoms with E-state index >= 15 is 0 Å². The highest BCUT2D eigenvalue weighted by molar-refractivity contribution is 9.09. The van der Waals surface area contributed by atoms with Gasteiger partial charge in [0.2, 0.25) is 10.0 Å². The Bertz CT molecular complexity index is 525. The SMILES string of the molecule is CN(CCOCCBr)S(=O)(=O)c1ccc(F)c(F)c1. The van der Waals surface area contributed by atoms with Crippen LogP contribution in [0.25, 0.3) is 0 Å². The molecule has 108 valence electrons. The number of benzene rings is 1. The maximum absolute atomic E-state index is 13.0. The fourth-order valence-electron chi connectivity index (χ4n) is 1.29. The summed E-state index contributed by atoms with van der Waals surface area (Å²) in [6, 6.07) is 2.49. The average Bonchev–Trinajstić information content (AvgIpc) is 2.37. The third kappa shape index (κ3) is 4.48. The van der Waals surface area contributed by atoms with Crippen molar-refractivity contribution in [1.82, 2.24) is 4.31 Å². The summed E-state index contributed by atoms with van der Waals surface area (Å²) in [5.74, 6) is -2.27. The van der Waals surface area contributed by atoms with Gasteiger partial charge in [-0.3, -0.25) is 0 Å². The number of sulfonamides is 1. The Balaban J connectivity index is 2.76.